The topological polar surface area (TPSA) is 71.8 Å². The van der Waals surface area contributed by atoms with Gasteiger partial charge in [-0.2, -0.15) is 0 Å². The Hall–Kier alpha value is -2.21. The summed E-state index contributed by atoms with van der Waals surface area (Å²) in [7, 11) is 0. The summed E-state index contributed by atoms with van der Waals surface area (Å²) in [6, 6.07) is 3.74. The fraction of sp³-hybridized carbons (Fsp3) is 0.400. The van der Waals surface area contributed by atoms with Crippen LogP contribution in [0.15, 0.2) is 30.7 Å². The van der Waals surface area contributed by atoms with Crippen LogP contribution in [0.2, 0.25) is 0 Å². The summed E-state index contributed by atoms with van der Waals surface area (Å²) in [6.45, 7) is 5.74. The van der Waals surface area contributed by atoms with Crippen LogP contribution < -0.4 is 10.6 Å². The summed E-state index contributed by atoms with van der Waals surface area (Å²) >= 11 is 0. The van der Waals surface area contributed by atoms with Crippen molar-refractivity contribution in [1.82, 2.24) is 19.9 Å². The highest BCUT2D eigenvalue weighted by Crippen LogP contribution is 2.18. The third-order valence-electron chi connectivity index (χ3n) is 4.02. The maximum absolute atomic E-state index is 12.1. The number of hydrogen-bond donors (Lipinski definition) is 2. The van der Waals surface area contributed by atoms with Crippen molar-refractivity contribution in [3.63, 3.8) is 0 Å². The van der Waals surface area contributed by atoms with Crippen molar-refractivity contribution in [1.29, 1.82) is 0 Å². The largest absolute Gasteiger partial charge is 0.324 e. The van der Waals surface area contributed by atoms with Gasteiger partial charge in [-0.1, -0.05) is 6.92 Å². The van der Waals surface area contributed by atoms with E-state index in [4.69, 9.17) is 0 Å². The van der Waals surface area contributed by atoms with Crippen molar-refractivity contribution < 1.29 is 4.79 Å². The van der Waals surface area contributed by atoms with Gasteiger partial charge in [0.25, 0.3) is 0 Å². The zero-order valence-electron chi connectivity index (χ0n) is 12.2. The molecule has 6 heteroatoms. The highest BCUT2D eigenvalue weighted by molar-refractivity contribution is 5.92. The molecule has 110 valence electrons. The Morgan fingerprint density at radius 1 is 1.43 bits per heavy atom. The van der Waals surface area contributed by atoms with Crippen LogP contribution in [-0.4, -0.2) is 33.5 Å². The summed E-state index contributed by atoms with van der Waals surface area (Å²) in [5.41, 5.74) is 0.723. The number of aryl methyl sites for hydroxylation is 1. The Labute approximate surface area is 123 Å². The molecule has 6 nitrogen and oxygen atoms in total. The third-order valence-corrected chi connectivity index (χ3v) is 4.02. The number of pyridine rings is 1. The average molecular weight is 285 g/mol. The van der Waals surface area contributed by atoms with E-state index >= 15 is 0 Å². The van der Waals surface area contributed by atoms with Crippen LogP contribution in [0.3, 0.4) is 0 Å². The Morgan fingerprint density at radius 2 is 2.24 bits per heavy atom. The zero-order chi connectivity index (χ0) is 14.8. The van der Waals surface area contributed by atoms with Gasteiger partial charge in [-0.3, -0.25) is 9.36 Å². The van der Waals surface area contributed by atoms with Crippen molar-refractivity contribution in [2.45, 2.75) is 13.8 Å². The molecule has 0 bridgehead atoms. The highest BCUT2D eigenvalue weighted by atomic mass is 16.1. The lowest BCUT2D eigenvalue weighted by molar-refractivity contribution is -0.121. The second kappa shape index (κ2) is 5.65. The quantitative estimate of drug-likeness (QED) is 0.890. The fourth-order valence-electron chi connectivity index (χ4n) is 2.36. The third kappa shape index (κ3) is 2.80. The predicted octanol–water partition coefficient (Wildman–Crippen LogP) is 1.37. The molecule has 0 spiro atoms. The van der Waals surface area contributed by atoms with Gasteiger partial charge in [0, 0.05) is 18.3 Å². The first-order chi connectivity index (χ1) is 10.1. The van der Waals surface area contributed by atoms with Gasteiger partial charge in [0.15, 0.2) is 0 Å². The normalized spacial score (nSPS) is 16.3. The molecule has 0 aliphatic carbocycles. The molecular formula is C15H19N5O. The van der Waals surface area contributed by atoms with Gasteiger partial charge in [-0.25, -0.2) is 9.97 Å². The van der Waals surface area contributed by atoms with E-state index in [9.17, 15) is 4.79 Å². The van der Waals surface area contributed by atoms with Gasteiger partial charge in [-0.05, 0) is 38.1 Å². The monoisotopic (exact) mass is 285 g/mol. The Balaban J connectivity index is 1.67. The molecule has 1 aliphatic rings. The van der Waals surface area contributed by atoms with Crippen LogP contribution in [-0.2, 0) is 4.79 Å². The number of rotatable bonds is 4. The molecule has 3 rings (SSSR count). The molecule has 0 radical (unpaired) electrons. The lowest BCUT2D eigenvalue weighted by Crippen LogP contribution is -2.48. The second-order valence-electron chi connectivity index (χ2n) is 5.45. The SMILES string of the molecule is Cc1nccn1-c1ccc(NC(=O)C(C)C2CNC2)cn1. The van der Waals surface area contributed by atoms with Crippen molar-refractivity contribution in [3.8, 4) is 5.82 Å². The molecule has 1 fully saturated rings. The molecule has 2 aromatic heterocycles. The number of carbonyl (C=O) groups excluding carboxylic acids is 1. The molecule has 21 heavy (non-hydrogen) atoms. The van der Waals surface area contributed by atoms with E-state index in [1.165, 1.54) is 0 Å². The standard InChI is InChI=1S/C15H19N5O/c1-10(12-7-16-8-12)15(21)19-13-3-4-14(18-9-13)20-6-5-17-11(20)2/h3-6,9-10,12,16H,7-8H2,1-2H3,(H,19,21). The van der Waals surface area contributed by atoms with Gasteiger partial charge >= 0.3 is 0 Å². The average Bonchev–Trinajstić information content (AvgIpc) is 2.84. The number of nitrogens with zero attached hydrogens (tertiary/aromatic N) is 3. The molecule has 1 atom stereocenters. The minimum atomic E-state index is 0.0156. The second-order valence-corrected chi connectivity index (χ2v) is 5.45. The molecular weight excluding hydrogens is 266 g/mol. The number of nitrogens with one attached hydrogen (secondary N) is 2. The van der Waals surface area contributed by atoms with Crippen LogP contribution in [0.5, 0.6) is 0 Å². The number of carbonyl (C=O) groups is 1. The van der Waals surface area contributed by atoms with Gasteiger partial charge in [0.2, 0.25) is 5.91 Å². The molecule has 0 aromatic carbocycles. The molecule has 1 unspecified atom stereocenters. The first kappa shape index (κ1) is 13.8. The highest BCUT2D eigenvalue weighted by Gasteiger charge is 2.28. The maximum Gasteiger partial charge on any atom is 0.227 e. The van der Waals surface area contributed by atoms with Crippen molar-refractivity contribution in [2.24, 2.45) is 11.8 Å². The molecule has 1 amide bonds. The van der Waals surface area contributed by atoms with Gasteiger partial charge in [-0.15, -0.1) is 0 Å². The lowest BCUT2D eigenvalue weighted by atomic mass is 9.88. The Kier molecular flexibility index (Phi) is 3.70. The van der Waals surface area contributed by atoms with Crippen molar-refractivity contribution in [2.75, 3.05) is 18.4 Å². The van der Waals surface area contributed by atoms with Crippen LogP contribution in [0, 0.1) is 18.8 Å². The van der Waals surface area contributed by atoms with Gasteiger partial charge in [0.1, 0.15) is 11.6 Å². The van der Waals surface area contributed by atoms with Crippen LogP contribution in [0.25, 0.3) is 5.82 Å². The predicted molar refractivity (Wildman–Crippen MR) is 80.2 cm³/mol. The van der Waals surface area contributed by atoms with E-state index < -0.39 is 0 Å². The van der Waals surface area contributed by atoms with Crippen LogP contribution in [0.4, 0.5) is 5.69 Å². The van der Waals surface area contributed by atoms with E-state index in [-0.39, 0.29) is 11.8 Å². The first-order valence-electron chi connectivity index (χ1n) is 7.13. The van der Waals surface area contributed by atoms with E-state index in [1.54, 1.807) is 12.4 Å². The van der Waals surface area contributed by atoms with E-state index in [2.05, 4.69) is 20.6 Å². The summed E-state index contributed by atoms with van der Waals surface area (Å²) in [4.78, 5) is 20.7. The van der Waals surface area contributed by atoms with E-state index in [0.29, 0.717) is 5.92 Å². The number of imidazole rings is 1. The lowest BCUT2D eigenvalue weighted by Gasteiger charge is -2.31. The van der Waals surface area contributed by atoms with Crippen LogP contribution in [0.1, 0.15) is 12.7 Å². The van der Waals surface area contributed by atoms with Crippen molar-refractivity contribution in [3.05, 3.63) is 36.5 Å². The summed E-state index contributed by atoms with van der Waals surface area (Å²) in [5, 5.41) is 6.11. The minimum absolute atomic E-state index is 0.0156. The molecule has 1 saturated heterocycles. The summed E-state index contributed by atoms with van der Waals surface area (Å²) in [6.07, 6.45) is 5.28. The number of amides is 1. The molecule has 0 saturated carbocycles. The zero-order valence-corrected chi connectivity index (χ0v) is 12.2. The molecule has 2 aromatic rings. The number of aromatic nitrogens is 3. The molecule has 3 heterocycles. The van der Waals surface area contributed by atoms with E-state index in [0.717, 1.165) is 30.4 Å². The smallest absolute Gasteiger partial charge is 0.227 e. The Morgan fingerprint density at radius 3 is 2.76 bits per heavy atom. The maximum atomic E-state index is 12.1. The van der Waals surface area contributed by atoms with Crippen molar-refractivity contribution >= 4 is 11.6 Å². The summed E-state index contributed by atoms with van der Waals surface area (Å²) in [5.74, 6) is 2.17. The van der Waals surface area contributed by atoms with E-state index in [1.807, 2.05) is 36.7 Å². The van der Waals surface area contributed by atoms with Gasteiger partial charge in [0.05, 0.1) is 11.9 Å². The van der Waals surface area contributed by atoms with Crippen LogP contribution >= 0.6 is 0 Å². The number of anilines is 1. The fourth-order valence-corrected chi connectivity index (χ4v) is 2.36. The number of hydrogen-bond acceptors (Lipinski definition) is 4. The Bertz CT molecular complexity index is 630. The van der Waals surface area contributed by atoms with Gasteiger partial charge < -0.3 is 10.6 Å². The molecule has 2 N–H and O–H groups in total. The summed E-state index contributed by atoms with van der Waals surface area (Å²) < 4.78 is 1.90. The molecule has 1 aliphatic heterocycles. The first-order valence-corrected chi connectivity index (χ1v) is 7.13. The minimum Gasteiger partial charge on any atom is -0.324 e.